The van der Waals surface area contributed by atoms with Gasteiger partial charge >= 0.3 is 0 Å². The first-order valence-electron chi connectivity index (χ1n) is 11.1. The highest BCUT2D eigenvalue weighted by atomic mass is 35.5. The lowest BCUT2D eigenvalue weighted by Gasteiger charge is -2.29. The number of nitrogens with one attached hydrogen (secondary N) is 3. The van der Waals surface area contributed by atoms with Crippen molar-refractivity contribution in [2.24, 2.45) is 0 Å². The van der Waals surface area contributed by atoms with E-state index in [2.05, 4.69) is 15.6 Å². The Labute approximate surface area is 200 Å². The number of aryl methyl sites for hydroxylation is 2. The number of amides is 4. The molecule has 5 rings (SSSR count). The van der Waals surface area contributed by atoms with E-state index in [0.717, 1.165) is 33.2 Å². The van der Waals surface area contributed by atoms with Crippen molar-refractivity contribution in [2.75, 3.05) is 0 Å². The summed E-state index contributed by atoms with van der Waals surface area (Å²) in [5.74, 6) is -1.24. The van der Waals surface area contributed by atoms with Gasteiger partial charge in [-0.3, -0.25) is 24.5 Å². The van der Waals surface area contributed by atoms with E-state index in [-0.39, 0.29) is 30.7 Å². The molecule has 0 spiro atoms. The zero-order valence-corrected chi connectivity index (χ0v) is 19.5. The number of carbonyl (C=O) groups is 4. The van der Waals surface area contributed by atoms with Crippen LogP contribution in [0.25, 0.3) is 10.9 Å². The van der Waals surface area contributed by atoms with E-state index in [4.69, 9.17) is 11.6 Å². The van der Waals surface area contributed by atoms with Gasteiger partial charge in [-0.15, -0.1) is 0 Å². The molecule has 0 bridgehead atoms. The third-order valence-electron chi connectivity index (χ3n) is 6.61. The summed E-state index contributed by atoms with van der Waals surface area (Å²) in [7, 11) is 0. The minimum atomic E-state index is -0.650. The number of carbonyl (C=O) groups excluding carboxylic acids is 4. The van der Waals surface area contributed by atoms with Crippen molar-refractivity contribution in [3.8, 4) is 0 Å². The Hall–Kier alpha value is -3.65. The number of rotatable bonds is 4. The summed E-state index contributed by atoms with van der Waals surface area (Å²) in [6, 6.07) is 8.59. The molecule has 3 aromatic rings. The lowest BCUT2D eigenvalue weighted by Crippen LogP contribution is -2.52. The molecule has 1 fully saturated rings. The predicted octanol–water partition coefficient (Wildman–Crippen LogP) is 3.13. The molecule has 2 aromatic carbocycles. The third kappa shape index (κ3) is 3.74. The van der Waals surface area contributed by atoms with Gasteiger partial charge in [0.05, 0.1) is 0 Å². The molecule has 2 aliphatic rings. The van der Waals surface area contributed by atoms with E-state index in [1.807, 2.05) is 38.1 Å². The topological polar surface area (TPSA) is 111 Å². The van der Waals surface area contributed by atoms with Crippen LogP contribution in [0.15, 0.2) is 30.3 Å². The van der Waals surface area contributed by atoms with Gasteiger partial charge in [0.1, 0.15) is 11.7 Å². The first-order valence-corrected chi connectivity index (χ1v) is 11.4. The van der Waals surface area contributed by atoms with Crippen molar-refractivity contribution in [1.29, 1.82) is 0 Å². The van der Waals surface area contributed by atoms with Crippen LogP contribution in [0.1, 0.15) is 55.9 Å². The van der Waals surface area contributed by atoms with Crippen molar-refractivity contribution >= 4 is 46.1 Å². The molecule has 2 aliphatic heterocycles. The first kappa shape index (κ1) is 22.2. The zero-order valence-electron chi connectivity index (χ0n) is 18.8. The van der Waals surface area contributed by atoms with Gasteiger partial charge in [-0.2, -0.15) is 0 Å². The van der Waals surface area contributed by atoms with E-state index in [1.54, 1.807) is 6.07 Å². The average molecular weight is 479 g/mol. The summed E-state index contributed by atoms with van der Waals surface area (Å²) in [6.45, 7) is 4.37. The number of hydrogen-bond acceptors (Lipinski definition) is 4. The quantitative estimate of drug-likeness (QED) is 0.500. The number of fused-ring (bicyclic) bond motifs is 2. The summed E-state index contributed by atoms with van der Waals surface area (Å²) in [6.07, 6.45) is 0.536. The highest BCUT2D eigenvalue weighted by Crippen LogP contribution is 2.29. The maximum Gasteiger partial charge on any atom is 0.268 e. The Bertz CT molecular complexity index is 1390. The number of H-pyrrole nitrogens is 1. The summed E-state index contributed by atoms with van der Waals surface area (Å²) < 4.78 is 0. The molecule has 8 nitrogen and oxygen atoms in total. The SMILES string of the molecule is Cc1cc2c(C)c(C(=O)NCc3ccc4c(c3)C(=O)N(C3CCC(=O)NC3=O)C4)[nH]c2cc1Cl. The van der Waals surface area contributed by atoms with Crippen molar-refractivity contribution in [2.45, 2.75) is 45.8 Å². The second-order valence-corrected chi connectivity index (χ2v) is 9.25. The predicted molar refractivity (Wildman–Crippen MR) is 126 cm³/mol. The number of benzene rings is 2. The number of nitrogens with zero attached hydrogens (tertiary/aromatic N) is 1. The zero-order chi connectivity index (χ0) is 24.1. The van der Waals surface area contributed by atoms with Crippen molar-refractivity contribution < 1.29 is 19.2 Å². The fourth-order valence-corrected chi connectivity index (χ4v) is 4.83. The molecule has 0 radical (unpaired) electrons. The number of imide groups is 1. The standard InChI is InChI=1S/C25H23ClN4O4/c1-12-7-16-13(2)22(28-19(16)9-18(12)26)24(33)27-10-14-3-4-15-11-30(25(34)17(15)8-14)20-5-6-21(31)29-23(20)32/h3-4,7-9,20,28H,5-6,10-11H2,1-2H3,(H,27,33)(H,29,31,32). The molecule has 1 atom stereocenters. The van der Waals surface area contributed by atoms with Crippen molar-refractivity contribution in [3.05, 3.63) is 68.9 Å². The summed E-state index contributed by atoms with van der Waals surface area (Å²) >= 11 is 6.21. The van der Waals surface area contributed by atoms with Gasteiger partial charge < -0.3 is 15.2 Å². The highest BCUT2D eigenvalue weighted by Gasteiger charge is 2.39. The van der Waals surface area contributed by atoms with E-state index in [1.165, 1.54) is 4.90 Å². The van der Waals surface area contributed by atoms with Crippen LogP contribution in [0, 0.1) is 13.8 Å². The molecule has 1 saturated heterocycles. The maximum atomic E-state index is 13.0. The number of halogens is 1. The molecule has 0 aliphatic carbocycles. The van der Waals surface area contributed by atoms with Crippen LogP contribution in [0.3, 0.4) is 0 Å². The normalized spacial score (nSPS) is 17.8. The molecule has 9 heteroatoms. The molecule has 1 aromatic heterocycles. The molecule has 0 saturated carbocycles. The van der Waals surface area contributed by atoms with Gasteiger partial charge in [-0.05, 0) is 60.7 Å². The molecule has 3 N–H and O–H groups in total. The van der Waals surface area contributed by atoms with Gasteiger partial charge in [0.25, 0.3) is 11.8 Å². The second-order valence-electron chi connectivity index (χ2n) is 8.85. The smallest absolute Gasteiger partial charge is 0.268 e. The fourth-order valence-electron chi connectivity index (χ4n) is 4.67. The molecule has 3 heterocycles. The van der Waals surface area contributed by atoms with E-state index < -0.39 is 11.9 Å². The Balaban J connectivity index is 1.30. The van der Waals surface area contributed by atoms with Crippen LogP contribution in [0.5, 0.6) is 0 Å². The summed E-state index contributed by atoms with van der Waals surface area (Å²) in [5, 5.41) is 6.80. The molecule has 1 unspecified atom stereocenters. The number of piperidine rings is 1. The maximum absolute atomic E-state index is 13.0. The van der Waals surface area contributed by atoms with Gasteiger partial charge in [-0.1, -0.05) is 23.7 Å². The van der Waals surface area contributed by atoms with E-state index in [9.17, 15) is 19.2 Å². The van der Waals surface area contributed by atoms with Crippen molar-refractivity contribution in [3.63, 3.8) is 0 Å². The van der Waals surface area contributed by atoms with Crippen LogP contribution in [-0.2, 0) is 22.7 Å². The van der Waals surface area contributed by atoms with Gasteiger partial charge in [0, 0.05) is 41.0 Å². The monoisotopic (exact) mass is 478 g/mol. The molecule has 4 amide bonds. The number of hydrogen-bond donors (Lipinski definition) is 3. The lowest BCUT2D eigenvalue weighted by molar-refractivity contribution is -0.136. The van der Waals surface area contributed by atoms with Gasteiger partial charge in [-0.25, -0.2) is 0 Å². The van der Waals surface area contributed by atoms with Crippen LogP contribution in [0.4, 0.5) is 0 Å². The van der Waals surface area contributed by atoms with Crippen molar-refractivity contribution in [1.82, 2.24) is 20.5 Å². The average Bonchev–Trinajstić information content (AvgIpc) is 3.29. The van der Waals surface area contributed by atoms with Crippen LogP contribution < -0.4 is 10.6 Å². The van der Waals surface area contributed by atoms with Crippen LogP contribution >= 0.6 is 11.6 Å². The van der Waals surface area contributed by atoms with Gasteiger partial charge in [0.15, 0.2) is 0 Å². The Morgan fingerprint density at radius 3 is 2.74 bits per heavy atom. The fraction of sp³-hybridized carbons (Fsp3) is 0.280. The Morgan fingerprint density at radius 1 is 1.18 bits per heavy atom. The Kier molecular flexibility index (Phi) is 5.40. The summed E-state index contributed by atoms with van der Waals surface area (Å²) in [5.41, 5.74) is 5.17. The van der Waals surface area contributed by atoms with E-state index >= 15 is 0 Å². The van der Waals surface area contributed by atoms with E-state index in [0.29, 0.717) is 29.2 Å². The van der Waals surface area contributed by atoms with Crippen LogP contribution in [0.2, 0.25) is 5.02 Å². The minimum absolute atomic E-state index is 0.215. The van der Waals surface area contributed by atoms with Gasteiger partial charge in [0.2, 0.25) is 11.8 Å². The lowest BCUT2D eigenvalue weighted by atomic mass is 10.0. The molecular weight excluding hydrogens is 456 g/mol. The minimum Gasteiger partial charge on any atom is -0.350 e. The summed E-state index contributed by atoms with van der Waals surface area (Å²) in [4.78, 5) is 54.2. The molecule has 174 valence electrons. The number of aromatic amines is 1. The largest absolute Gasteiger partial charge is 0.350 e. The van der Waals surface area contributed by atoms with Crippen LogP contribution in [-0.4, -0.2) is 39.6 Å². The number of aromatic nitrogens is 1. The second kappa shape index (κ2) is 8.29. The molecular formula is C25H23ClN4O4. The molecule has 34 heavy (non-hydrogen) atoms. The highest BCUT2D eigenvalue weighted by molar-refractivity contribution is 6.32. The first-order chi connectivity index (χ1) is 16.2. The Morgan fingerprint density at radius 2 is 1.97 bits per heavy atom. The third-order valence-corrected chi connectivity index (χ3v) is 7.02.